The van der Waals surface area contributed by atoms with Crippen LogP contribution in [0.3, 0.4) is 0 Å². The molecule has 1 aromatic carbocycles. The van der Waals surface area contributed by atoms with Crippen LogP contribution in [0.1, 0.15) is 31.7 Å². The van der Waals surface area contributed by atoms with E-state index in [9.17, 15) is 4.79 Å². The van der Waals surface area contributed by atoms with E-state index in [0.717, 1.165) is 18.4 Å². The van der Waals surface area contributed by atoms with Gasteiger partial charge in [0, 0.05) is 0 Å². The Morgan fingerprint density at radius 1 is 1.40 bits per heavy atom. The molecule has 0 unspecified atom stereocenters. The van der Waals surface area contributed by atoms with Crippen LogP contribution in [0.2, 0.25) is 0 Å². The summed E-state index contributed by atoms with van der Waals surface area (Å²) in [5.74, 6) is -0.112. The first-order valence-corrected chi connectivity index (χ1v) is 7.14. The predicted molar refractivity (Wildman–Crippen MR) is 78.1 cm³/mol. The Bertz CT molecular complexity index is 447. The number of carbonyl (C=O) groups excluding carboxylic acids is 1. The molecule has 2 rings (SSSR count). The second-order valence-electron chi connectivity index (χ2n) is 5.32. The van der Waals surface area contributed by atoms with E-state index in [2.05, 4.69) is 6.58 Å². The highest BCUT2D eigenvalue weighted by Gasteiger charge is 2.50. The highest BCUT2D eigenvalue weighted by Crippen LogP contribution is 2.47. The zero-order valence-corrected chi connectivity index (χ0v) is 12.0. The van der Waals surface area contributed by atoms with E-state index in [1.807, 2.05) is 37.3 Å². The number of hydrogen-bond acceptors (Lipinski definition) is 3. The molecule has 1 aliphatic rings. The molecule has 0 radical (unpaired) electrons. The van der Waals surface area contributed by atoms with Crippen molar-refractivity contribution in [2.75, 3.05) is 6.61 Å². The second-order valence-corrected chi connectivity index (χ2v) is 5.32. The van der Waals surface area contributed by atoms with E-state index in [4.69, 9.17) is 9.47 Å². The average molecular weight is 274 g/mol. The molecule has 1 saturated carbocycles. The van der Waals surface area contributed by atoms with Crippen LogP contribution in [-0.2, 0) is 20.9 Å². The number of carbonyl (C=O) groups is 1. The van der Waals surface area contributed by atoms with Crippen molar-refractivity contribution in [3.63, 3.8) is 0 Å². The van der Waals surface area contributed by atoms with E-state index in [1.165, 1.54) is 0 Å². The van der Waals surface area contributed by atoms with E-state index >= 15 is 0 Å². The summed E-state index contributed by atoms with van der Waals surface area (Å²) in [6, 6.07) is 10.1. The normalized spacial score (nSPS) is 24.8. The predicted octanol–water partition coefficient (Wildman–Crippen LogP) is 3.49. The molecule has 108 valence electrons. The molecule has 0 atom stereocenters. The van der Waals surface area contributed by atoms with E-state index in [-0.39, 0.29) is 12.1 Å². The van der Waals surface area contributed by atoms with Gasteiger partial charge in [0.25, 0.3) is 0 Å². The minimum atomic E-state index is -0.404. The number of esters is 1. The van der Waals surface area contributed by atoms with E-state index in [1.54, 1.807) is 6.08 Å². The van der Waals surface area contributed by atoms with Gasteiger partial charge in [0.1, 0.15) is 0 Å². The number of benzene rings is 1. The maximum Gasteiger partial charge on any atom is 0.312 e. The quantitative estimate of drug-likeness (QED) is 0.564. The van der Waals surface area contributed by atoms with Crippen LogP contribution in [0.5, 0.6) is 0 Å². The molecule has 0 N–H and O–H groups in total. The molecule has 0 bridgehead atoms. The first-order valence-electron chi connectivity index (χ1n) is 7.14. The largest absolute Gasteiger partial charge is 0.466 e. The van der Waals surface area contributed by atoms with Crippen molar-refractivity contribution >= 4 is 5.97 Å². The molecule has 0 saturated heterocycles. The van der Waals surface area contributed by atoms with Crippen molar-refractivity contribution < 1.29 is 14.3 Å². The first kappa shape index (κ1) is 14.8. The lowest BCUT2D eigenvalue weighted by atomic mass is 9.64. The molecule has 0 spiro atoms. The van der Waals surface area contributed by atoms with Crippen molar-refractivity contribution in [2.45, 2.75) is 38.9 Å². The smallest absolute Gasteiger partial charge is 0.312 e. The number of hydrogen-bond donors (Lipinski definition) is 0. The Labute approximate surface area is 120 Å². The Morgan fingerprint density at radius 2 is 2.10 bits per heavy atom. The van der Waals surface area contributed by atoms with Crippen molar-refractivity contribution in [3.8, 4) is 0 Å². The molecule has 1 fully saturated rings. The van der Waals surface area contributed by atoms with Gasteiger partial charge in [0.05, 0.1) is 24.7 Å². The van der Waals surface area contributed by atoms with Crippen LogP contribution in [-0.4, -0.2) is 18.7 Å². The van der Waals surface area contributed by atoms with E-state index < -0.39 is 5.41 Å². The Balaban J connectivity index is 1.84. The highest BCUT2D eigenvalue weighted by atomic mass is 16.5. The number of ether oxygens (including phenoxy) is 2. The zero-order chi connectivity index (χ0) is 14.4. The zero-order valence-electron chi connectivity index (χ0n) is 12.0. The molecule has 1 aliphatic carbocycles. The minimum absolute atomic E-state index is 0.112. The fraction of sp³-hybridized carbons (Fsp3) is 0.471. The van der Waals surface area contributed by atoms with Gasteiger partial charge in [-0.05, 0) is 31.7 Å². The Morgan fingerprint density at radius 3 is 2.70 bits per heavy atom. The molecule has 0 aromatic heterocycles. The summed E-state index contributed by atoms with van der Waals surface area (Å²) in [6.45, 7) is 6.59. The third kappa shape index (κ3) is 3.28. The van der Waals surface area contributed by atoms with Gasteiger partial charge in [0.15, 0.2) is 0 Å². The molecular formula is C17H22O3. The van der Waals surface area contributed by atoms with Crippen LogP contribution in [0.25, 0.3) is 0 Å². The maximum atomic E-state index is 12.0. The molecule has 3 heteroatoms. The summed E-state index contributed by atoms with van der Waals surface area (Å²) in [7, 11) is 0. The van der Waals surface area contributed by atoms with Gasteiger partial charge in [0.2, 0.25) is 0 Å². The fourth-order valence-corrected chi connectivity index (χ4v) is 2.70. The number of rotatable bonds is 7. The summed E-state index contributed by atoms with van der Waals surface area (Å²) in [5.41, 5.74) is 0.754. The third-order valence-corrected chi connectivity index (χ3v) is 3.81. The van der Waals surface area contributed by atoms with Crippen molar-refractivity contribution in [3.05, 3.63) is 48.6 Å². The lowest BCUT2D eigenvalue weighted by Gasteiger charge is -2.44. The van der Waals surface area contributed by atoms with Gasteiger partial charge in [-0.25, -0.2) is 0 Å². The molecule has 3 nitrogen and oxygen atoms in total. The Kier molecular flexibility index (Phi) is 4.96. The fourth-order valence-electron chi connectivity index (χ4n) is 2.70. The van der Waals surface area contributed by atoms with Crippen molar-refractivity contribution in [2.24, 2.45) is 5.41 Å². The van der Waals surface area contributed by atoms with Crippen LogP contribution in [0.15, 0.2) is 43.0 Å². The van der Waals surface area contributed by atoms with Crippen LogP contribution in [0, 0.1) is 5.41 Å². The summed E-state index contributed by atoms with van der Waals surface area (Å²) in [5, 5.41) is 0. The van der Waals surface area contributed by atoms with Gasteiger partial charge in [-0.3, -0.25) is 4.79 Å². The monoisotopic (exact) mass is 274 g/mol. The van der Waals surface area contributed by atoms with Crippen LogP contribution in [0.4, 0.5) is 0 Å². The SMILES string of the molecule is C=CCC1(C(=O)OCC)CC(OCc2ccccc2)C1. The molecule has 0 amide bonds. The maximum absolute atomic E-state index is 12.0. The van der Waals surface area contributed by atoms with E-state index in [0.29, 0.717) is 19.6 Å². The lowest BCUT2D eigenvalue weighted by Crippen LogP contribution is -2.48. The van der Waals surface area contributed by atoms with Crippen molar-refractivity contribution in [1.82, 2.24) is 0 Å². The number of allylic oxidation sites excluding steroid dienone is 1. The molecule has 0 heterocycles. The Hall–Kier alpha value is -1.61. The molecule has 1 aromatic rings. The summed E-state index contributed by atoms with van der Waals surface area (Å²) in [4.78, 5) is 12.0. The van der Waals surface area contributed by atoms with Crippen molar-refractivity contribution in [1.29, 1.82) is 0 Å². The second kappa shape index (κ2) is 6.71. The molecule has 0 aliphatic heterocycles. The van der Waals surface area contributed by atoms with Crippen LogP contribution < -0.4 is 0 Å². The van der Waals surface area contributed by atoms with Gasteiger partial charge in [-0.15, -0.1) is 6.58 Å². The van der Waals surface area contributed by atoms with Gasteiger partial charge >= 0.3 is 5.97 Å². The minimum Gasteiger partial charge on any atom is -0.466 e. The third-order valence-electron chi connectivity index (χ3n) is 3.81. The highest BCUT2D eigenvalue weighted by molar-refractivity contribution is 5.78. The molecular weight excluding hydrogens is 252 g/mol. The topological polar surface area (TPSA) is 35.5 Å². The standard InChI is InChI=1S/C17H22O3/c1-3-10-17(16(18)19-4-2)11-15(12-17)20-13-14-8-6-5-7-9-14/h3,5-9,15H,1,4,10-13H2,2H3. The summed E-state index contributed by atoms with van der Waals surface area (Å²) < 4.78 is 11.0. The van der Waals surface area contributed by atoms with Gasteiger partial charge in [-0.2, -0.15) is 0 Å². The van der Waals surface area contributed by atoms with Gasteiger partial charge in [-0.1, -0.05) is 36.4 Å². The lowest BCUT2D eigenvalue weighted by molar-refractivity contribution is -0.174. The average Bonchev–Trinajstić information content (AvgIpc) is 2.42. The molecule has 20 heavy (non-hydrogen) atoms. The van der Waals surface area contributed by atoms with Crippen LogP contribution >= 0.6 is 0 Å². The summed E-state index contributed by atoms with van der Waals surface area (Å²) in [6.07, 6.45) is 4.05. The first-order chi connectivity index (χ1) is 9.70. The van der Waals surface area contributed by atoms with Gasteiger partial charge < -0.3 is 9.47 Å². The summed E-state index contributed by atoms with van der Waals surface area (Å²) >= 11 is 0.